The molecule has 0 heterocycles. The molecule has 2 N–H and O–H groups in total. The first-order valence-corrected chi connectivity index (χ1v) is 7.58. The summed E-state index contributed by atoms with van der Waals surface area (Å²) in [5.74, 6) is -0.0206. The highest BCUT2D eigenvalue weighted by Gasteiger charge is 2.12. The van der Waals surface area contributed by atoms with Gasteiger partial charge >= 0.3 is 0 Å². The third kappa shape index (κ3) is 4.72. The molecular formula is C17H13ClN4O4. The summed E-state index contributed by atoms with van der Waals surface area (Å²) in [4.78, 5) is 22.4. The number of benzene rings is 2. The van der Waals surface area contributed by atoms with Crippen molar-refractivity contribution >= 4 is 34.6 Å². The fraction of sp³-hybridized carbons (Fsp3) is 0.0588. The molecule has 0 bridgehead atoms. The van der Waals surface area contributed by atoms with E-state index >= 15 is 0 Å². The maximum absolute atomic E-state index is 12.2. The van der Waals surface area contributed by atoms with E-state index in [2.05, 4.69) is 10.6 Å². The number of nitriles is 1. The number of nitrogens with zero attached hydrogens (tertiary/aromatic N) is 2. The number of carbonyl (C=O) groups excluding carboxylic acids is 1. The number of methoxy groups -OCH3 is 1. The Balaban J connectivity index is 2.14. The van der Waals surface area contributed by atoms with Gasteiger partial charge in [0.2, 0.25) is 0 Å². The van der Waals surface area contributed by atoms with E-state index in [4.69, 9.17) is 21.6 Å². The van der Waals surface area contributed by atoms with Gasteiger partial charge < -0.3 is 15.4 Å². The smallest absolute Gasteiger partial charge is 0.271 e. The van der Waals surface area contributed by atoms with Crippen molar-refractivity contribution in [3.05, 3.63) is 69.4 Å². The van der Waals surface area contributed by atoms with Crippen LogP contribution in [0.3, 0.4) is 0 Å². The van der Waals surface area contributed by atoms with Gasteiger partial charge in [0.05, 0.1) is 22.7 Å². The van der Waals surface area contributed by atoms with Crippen LogP contribution in [-0.4, -0.2) is 17.9 Å². The van der Waals surface area contributed by atoms with E-state index in [0.29, 0.717) is 11.4 Å². The lowest BCUT2D eigenvalue weighted by Gasteiger charge is -2.07. The zero-order valence-corrected chi connectivity index (χ0v) is 14.3. The Bertz CT molecular complexity index is 904. The molecule has 8 nitrogen and oxygen atoms in total. The van der Waals surface area contributed by atoms with Gasteiger partial charge in [-0.3, -0.25) is 14.9 Å². The number of carbonyl (C=O) groups is 1. The Labute approximate surface area is 153 Å². The van der Waals surface area contributed by atoms with Gasteiger partial charge in [0.15, 0.2) is 0 Å². The molecule has 0 aliphatic carbocycles. The normalized spacial score (nSPS) is 10.6. The van der Waals surface area contributed by atoms with Crippen LogP contribution < -0.4 is 15.4 Å². The lowest BCUT2D eigenvalue weighted by molar-refractivity contribution is -0.384. The van der Waals surface area contributed by atoms with Crippen LogP contribution in [-0.2, 0) is 4.79 Å². The Morgan fingerprint density at radius 1 is 1.31 bits per heavy atom. The summed E-state index contributed by atoms with van der Waals surface area (Å²) in [6.07, 6.45) is 1.13. The molecule has 26 heavy (non-hydrogen) atoms. The topological polar surface area (TPSA) is 117 Å². The van der Waals surface area contributed by atoms with Gasteiger partial charge in [-0.15, -0.1) is 0 Å². The number of nitrogens with one attached hydrogen (secondary N) is 2. The molecule has 2 aromatic rings. The van der Waals surface area contributed by atoms with E-state index in [-0.39, 0.29) is 22.0 Å². The molecule has 9 heteroatoms. The van der Waals surface area contributed by atoms with E-state index in [9.17, 15) is 14.9 Å². The van der Waals surface area contributed by atoms with Gasteiger partial charge in [0.1, 0.15) is 17.4 Å². The Morgan fingerprint density at radius 3 is 2.58 bits per heavy atom. The third-order valence-electron chi connectivity index (χ3n) is 3.25. The number of hydrogen-bond donors (Lipinski definition) is 2. The Hall–Kier alpha value is -3.57. The van der Waals surface area contributed by atoms with E-state index in [0.717, 1.165) is 6.20 Å². The molecule has 0 unspecified atom stereocenters. The fourth-order valence-electron chi connectivity index (χ4n) is 1.91. The van der Waals surface area contributed by atoms with E-state index in [1.54, 1.807) is 30.3 Å². The third-order valence-corrected chi connectivity index (χ3v) is 3.58. The van der Waals surface area contributed by atoms with E-state index < -0.39 is 10.8 Å². The summed E-state index contributed by atoms with van der Waals surface area (Å²) >= 11 is 5.96. The largest absolute Gasteiger partial charge is 0.497 e. The summed E-state index contributed by atoms with van der Waals surface area (Å²) in [6, 6.07) is 12.1. The average Bonchev–Trinajstić information content (AvgIpc) is 2.64. The first kappa shape index (κ1) is 18.8. The molecule has 0 aliphatic heterocycles. The maximum Gasteiger partial charge on any atom is 0.271 e. The molecular weight excluding hydrogens is 360 g/mol. The number of nitro benzene ring substituents is 1. The van der Waals surface area contributed by atoms with Crippen molar-refractivity contribution in [1.82, 2.24) is 0 Å². The summed E-state index contributed by atoms with van der Waals surface area (Å²) < 4.78 is 5.02. The van der Waals surface area contributed by atoms with Gasteiger partial charge in [-0.2, -0.15) is 5.26 Å². The van der Waals surface area contributed by atoms with Gasteiger partial charge in [0, 0.05) is 24.0 Å². The molecule has 0 fully saturated rings. The number of amides is 1. The van der Waals surface area contributed by atoms with E-state index in [1.807, 2.05) is 0 Å². The molecule has 2 aromatic carbocycles. The zero-order chi connectivity index (χ0) is 19.1. The van der Waals surface area contributed by atoms with Crippen molar-refractivity contribution in [3.63, 3.8) is 0 Å². The summed E-state index contributed by atoms with van der Waals surface area (Å²) in [7, 11) is 1.52. The fourth-order valence-corrected chi connectivity index (χ4v) is 2.08. The van der Waals surface area contributed by atoms with Gasteiger partial charge in [0.25, 0.3) is 11.6 Å². The molecule has 0 saturated heterocycles. The summed E-state index contributed by atoms with van der Waals surface area (Å²) in [5.41, 5.74) is 0.270. The molecule has 0 saturated carbocycles. The summed E-state index contributed by atoms with van der Waals surface area (Å²) in [5, 5.41) is 25.4. The minimum Gasteiger partial charge on any atom is -0.497 e. The van der Waals surface area contributed by atoms with Gasteiger partial charge in [-0.25, -0.2) is 0 Å². The van der Waals surface area contributed by atoms with Crippen LogP contribution in [0.25, 0.3) is 0 Å². The number of anilines is 2. The Morgan fingerprint density at radius 2 is 2.00 bits per heavy atom. The molecule has 0 aliphatic rings. The molecule has 132 valence electrons. The standard InChI is InChI=1S/C17H13ClN4O4/c1-26-14-5-2-12(3-6-14)21-17(23)11(9-19)10-20-16-8-13(22(24)25)4-7-15(16)18/h2-8,10,20H,1H3,(H,21,23)/b11-10-. The van der Waals surface area contributed by atoms with Crippen LogP contribution in [0.1, 0.15) is 0 Å². The second-order valence-corrected chi connectivity index (χ2v) is 5.33. The summed E-state index contributed by atoms with van der Waals surface area (Å²) in [6.45, 7) is 0. The highest BCUT2D eigenvalue weighted by Crippen LogP contribution is 2.26. The Kier molecular flexibility index (Phi) is 6.14. The van der Waals surface area contributed by atoms with Gasteiger partial charge in [-0.05, 0) is 30.3 Å². The van der Waals surface area contributed by atoms with Crippen LogP contribution in [0.2, 0.25) is 5.02 Å². The molecule has 0 spiro atoms. The van der Waals surface area contributed by atoms with Crippen molar-refractivity contribution in [3.8, 4) is 11.8 Å². The van der Waals surface area contributed by atoms with Crippen molar-refractivity contribution < 1.29 is 14.5 Å². The van der Waals surface area contributed by atoms with Crippen LogP contribution in [0.4, 0.5) is 17.1 Å². The number of hydrogen-bond acceptors (Lipinski definition) is 6. The number of rotatable bonds is 6. The van der Waals surface area contributed by atoms with Crippen molar-refractivity contribution in [1.29, 1.82) is 5.26 Å². The van der Waals surface area contributed by atoms with Crippen LogP contribution in [0, 0.1) is 21.4 Å². The lowest BCUT2D eigenvalue weighted by Crippen LogP contribution is -2.14. The number of ether oxygens (including phenoxy) is 1. The van der Waals surface area contributed by atoms with E-state index in [1.165, 1.54) is 25.3 Å². The molecule has 0 atom stereocenters. The van der Waals surface area contributed by atoms with Crippen LogP contribution in [0.15, 0.2) is 54.2 Å². The SMILES string of the molecule is COc1ccc(NC(=O)/C(C#N)=C\Nc2cc([N+](=O)[O-])ccc2Cl)cc1. The minimum absolute atomic E-state index is 0.175. The lowest BCUT2D eigenvalue weighted by atomic mass is 10.2. The maximum atomic E-state index is 12.2. The number of halogens is 1. The second kappa shape index (κ2) is 8.50. The van der Waals surface area contributed by atoms with Crippen LogP contribution in [0.5, 0.6) is 5.75 Å². The zero-order valence-electron chi connectivity index (χ0n) is 13.5. The predicted octanol–water partition coefficient (Wildman–Crippen LogP) is 3.71. The molecule has 0 aromatic heterocycles. The van der Waals surface area contributed by atoms with Crippen molar-refractivity contribution in [2.75, 3.05) is 17.7 Å². The highest BCUT2D eigenvalue weighted by atomic mass is 35.5. The molecule has 1 amide bonds. The number of non-ortho nitro benzene ring substituents is 1. The predicted molar refractivity (Wildman–Crippen MR) is 97.0 cm³/mol. The van der Waals surface area contributed by atoms with Crippen molar-refractivity contribution in [2.24, 2.45) is 0 Å². The first-order valence-electron chi connectivity index (χ1n) is 7.20. The molecule has 2 rings (SSSR count). The first-order chi connectivity index (χ1) is 12.4. The highest BCUT2D eigenvalue weighted by molar-refractivity contribution is 6.33. The molecule has 0 radical (unpaired) electrons. The van der Waals surface area contributed by atoms with Crippen LogP contribution >= 0.6 is 11.6 Å². The quantitative estimate of drug-likeness (QED) is 0.345. The second-order valence-electron chi connectivity index (χ2n) is 4.92. The van der Waals surface area contributed by atoms with Crippen molar-refractivity contribution in [2.45, 2.75) is 0 Å². The van der Waals surface area contributed by atoms with Gasteiger partial charge in [-0.1, -0.05) is 11.6 Å². The monoisotopic (exact) mass is 372 g/mol. The average molecular weight is 373 g/mol. The minimum atomic E-state index is -0.647. The number of nitro groups is 1.